The summed E-state index contributed by atoms with van der Waals surface area (Å²) >= 11 is 1.32. The van der Waals surface area contributed by atoms with E-state index >= 15 is 0 Å². The molecule has 0 bridgehead atoms. The van der Waals surface area contributed by atoms with Crippen molar-refractivity contribution in [2.75, 3.05) is 0 Å². The van der Waals surface area contributed by atoms with E-state index in [1.54, 1.807) is 4.70 Å². The summed E-state index contributed by atoms with van der Waals surface area (Å²) in [6.07, 6.45) is 110. The van der Waals surface area contributed by atoms with Crippen LogP contribution in [0.3, 0.4) is 0 Å². The second-order valence-electron chi connectivity index (χ2n) is 34.6. The van der Waals surface area contributed by atoms with Crippen LogP contribution in [0.4, 0.5) is 0 Å². The fourth-order valence-electron chi connectivity index (χ4n) is 16.6. The van der Waals surface area contributed by atoms with E-state index in [0.29, 0.717) is 0 Å². The summed E-state index contributed by atoms with van der Waals surface area (Å²) in [5.41, 5.74) is 24.1. The molecule has 0 N–H and O–H groups in total. The molecule has 1 aliphatic heterocycles. The zero-order chi connectivity index (χ0) is 78.1. The van der Waals surface area contributed by atoms with E-state index in [-0.39, 0.29) is 0 Å². The van der Waals surface area contributed by atoms with Crippen molar-refractivity contribution in [2.24, 2.45) is 0 Å². The van der Waals surface area contributed by atoms with Gasteiger partial charge in [0.1, 0.15) is 0 Å². The van der Waals surface area contributed by atoms with E-state index in [1.807, 2.05) is 0 Å². The van der Waals surface area contributed by atoms with Gasteiger partial charge in [-0.05, 0) is 111 Å². The monoisotopic (exact) mass is 1550 g/mol. The molecule has 0 aromatic heterocycles. The summed E-state index contributed by atoms with van der Waals surface area (Å²) in [5, 5.41) is 0. The van der Waals surface area contributed by atoms with Gasteiger partial charge in [0, 0.05) is 22.8 Å². The molecule has 3 rings (SSSR count). The van der Waals surface area contributed by atoms with Crippen LogP contribution in [0.5, 0.6) is 0 Å². The fraction of sp³-hybridized carbons (Fsp3) is 0.811. The number of allylic oxidation sites excluding steroid dienone is 2. The van der Waals surface area contributed by atoms with Crippen LogP contribution >= 0.6 is 0 Å². The number of benzene rings is 2. The number of unbranched alkanes of at least 4 members (excludes halogenated alkanes) is 67. The third-order valence-electron chi connectivity index (χ3n) is 23.8. The first-order valence-electron chi connectivity index (χ1n) is 49.7. The van der Waals surface area contributed by atoms with Gasteiger partial charge in [-0.2, -0.15) is 0 Å². The quantitative estimate of drug-likeness (QED) is 0.0273. The minimum absolute atomic E-state index is 0.986. The molecule has 3 heteroatoms. The van der Waals surface area contributed by atoms with Crippen molar-refractivity contribution in [1.82, 2.24) is 0 Å². The van der Waals surface area contributed by atoms with E-state index in [0.717, 1.165) is 69.2 Å². The Balaban J connectivity index is 0.00000102. The van der Waals surface area contributed by atoms with Gasteiger partial charge in [0.25, 0.3) is 0 Å². The normalized spacial score (nSPS) is 12.1. The van der Waals surface area contributed by atoms with Gasteiger partial charge in [0.15, 0.2) is 0 Å². The first-order valence-corrected chi connectivity index (χ1v) is 50.7. The van der Waals surface area contributed by atoms with Crippen LogP contribution in [0.2, 0.25) is 0 Å². The predicted octanol–water partition coefficient (Wildman–Crippen LogP) is 37.0. The summed E-state index contributed by atoms with van der Waals surface area (Å²) in [7, 11) is 0. The van der Waals surface area contributed by atoms with Gasteiger partial charge in [-0.15, -0.1) is 0 Å². The Hall–Kier alpha value is -2.87. The topological polar surface area (TPSA) is 25.3 Å². The van der Waals surface area contributed by atoms with Gasteiger partial charge < -0.3 is 5.53 Å². The Bertz CT molecular complexity index is 2460. The average molecular weight is 1550 g/mol. The van der Waals surface area contributed by atoms with Crippen LogP contribution in [0.1, 0.15) is 563 Å². The molecular weight excluding hydrogens is 1360 g/mol. The molecular formula is C106H186N2Ni. The van der Waals surface area contributed by atoms with Crippen LogP contribution in [-0.2, 0) is 40.1 Å². The molecule has 0 radical (unpaired) electrons. The minimum atomic E-state index is 0.986. The third kappa shape index (κ3) is 63.1. The van der Waals surface area contributed by atoms with E-state index in [2.05, 4.69) is 113 Å². The summed E-state index contributed by atoms with van der Waals surface area (Å²) < 4.78 is 1.62. The van der Waals surface area contributed by atoms with Crippen LogP contribution < -0.4 is 0 Å². The summed E-state index contributed by atoms with van der Waals surface area (Å²) in [4.78, 5) is 6.37. The molecule has 1 aliphatic rings. The molecule has 0 saturated heterocycles. The second-order valence-corrected chi connectivity index (χ2v) is 35.4. The van der Waals surface area contributed by atoms with Gasteiger partial charge in [-0.25, -0.2) is 4.70 Å². The minimum Gasteiger partial charge on any atom is -0.493 e. The zero-order valence-electron chi connectivity index (χ0n) is 74.6. The Labute approximate surface area is 690 Å². The molecule has 630 valence electrons. The van der Waals surface area contributed by atoms with E-state index in [1.165, 1.54) is 503 Å². The standard InChI is InChI=1S/C74H128N2.2C16H29.Ni/c1-6-11-16-20-22-24-26-28-30-32-34-36-38-40-42-44-46-48-52-56-67-59-66(54-50-18-13-8-3)61-71(62-67)73-65-70(58-15-10-5)74(76(73)75)72-63-68(55-51-19-14-9-4)60-69(64-72)57-53-49-47-45-43-41-39-37-35-33-31-29-27-25-23-21-17-12-7-2;2*1-3-5-7-9-11-13-15-16-14-12-10-8-6-4-2;/h59-65H,6-58H2,1-5H3;2*3,5-16H2,1H3;. The fourth-order valence-corrected chi connectivity index (χ4v) is 17.1. The number of hydrogen-bond acceptors (Lipinski definition) is 0. The molecule has 109 heavy (non-hydrogen) atoms. The summed E-state index contributed by atoms with van der Waals surface area (Å²) in [6, 6.07) is 14.8. The van der Waals surface area contributed by atoms with Gasteiger partial charge >= 0.3 is 164 Å². The molecule has 1 heterocycles. The molecule has 0 aliphatic carbocycles. The first kappa shape index (κ1) is 102. The Morgan fingerprint density at radius 2 is 0.431 bits per heavy atom. The van der Waals surface area contributed by atoms with Crippen molar-refractivity contribution >= 4 is 11.4 Å². The molecule has 0 atom stereocenters. The molecule has 0 spiro atoms. The molecule has 0 unspecified atom stereocenters. The summed E-state index contributed by atoms with van der Waals surface area (Å²) in [5.74, 6) is 6.58. The van der Waals surface area contributed by atoms with Gasteiger partial charge in [-0.3, -0.25) is 0 Å². The van der Waals surface area contributed by atoms with E-state index in [9.17, 15) is 5.53 Å². The van der Waals surface area contributed by atoms with Crippen molar-refractivity contribution in [3.63, 3.8) is 0 Å². The molecule has 2 aromatic carbocycles. The Kier molecular flexibility index (Phi) is 76.6. The first-order chi connectivity index (χ1) is 54.0. The average Bonchev–Trinajstić information content (AvgIpc) is 1.63. The van der Waals surface area contributed by atoms with E-state index < -0.39 is 0 Å². The predicted molar refractivity (Wildman–Crippen MR) is 488 cm³/mol. The smallest absolute Gasteiger partial charge is 0.493 e. The van der Waals surface area contributed by atoms with Crippen molar-refractivity contribution in [3.8, 4) is 21.6 Å². The molecule has 0 amide bonds. The van der Waals surface area contributed by atoms with Crippen molar-refractivity contribution in [1.29, 1.82) is 0 Å². The van der Waals surface area contributed by atoms with Crippen molar-refractivity contribution in [3.05, 3.63) is 87.0 Å². The van der Waals surface area contributed by atoms with Crippen LogP contribution in [-0.4, -0.2) is 4.70 Å². The Morgan fingerprint density at radius 3 is 0.670 bits per heavy atom. The van der Waals surface area contributed by atoms with Crippen LogP contribution in [0, 0.1) is 21.6 Å². The number of nitrogens with zero attached hydrogens (tertiary/aromatic N) is 2. The third-order valence-corrected chi connectivity index (χ3v) is 24.4. The maximum absolute atomic E-state index is 12.5. The SMILES string of the molecule is CCCCCCCCCCCCCCC#[C][Ni][C]#CCCCCCCCCCCCCCC.CCCCCCCCCCCCCCCCCCCCCc1cc(CCCCCC)cc(C2=CC(CCCC)=C(c3cc(CCCCCC)cc(CCCCCCCCCCCCCCCCCCCCC)c3)[N+]2=[N-])c1. The van der Waals surface area contributed by atoms with Gasteiger partial charge in [0.05, 0.1) is 0 Å². The molecule has 0 saturated carbocycles. The van der Waals surface area contributed by atoms with Gasteiger partial charge in [-0.1, -0.05) is 375 Å². The van der Waals surface area contributed by atoms with Crippen molar-refractivity contribution < 1.29 is 19.1 Å². The van der Waals surface area contributed by atoms with E-state index in [4.69, 9.17) is 0 Å². The van der Waals surface area contributed by atoms with Crippen LogP contribution in [0.15, 0.2) is 48.0 Å². The molecule has 2 aromatic rings. The second kappa shape index (κ2) is 81.7. The molecule has 0 fully saturated rings. The van der Waals surface area contributed by atoms with Crippen molar-refractivity contribution in [2.45, 2.75) is 556 Å². The maximum atomic E-state index is 12.5. The molecule has 2 nitrogen and oxygen atoms in total. The number of aryl methyl sites for hydroxylation is 4. The number of rotatable bonds is 79. The van der Waals surface area contributed by atoms with Crippen LogP contribution in [0.25, 0.3) is 16.9 Å². The zero-order valence-corrected chi connectivity index (χ0v) is 75.6. The number of hydrogen-bond donors (Lipinski definition) is 0. The Morgan fingerprint density at radius 1 is 0.229 bits per heavy atom. The summed E-state index contributed by atoms with van der Waals surface area (Å²) in [6.45, 7) is 16.1. The van der Waals surface area contributed by atoms with Gasteiger partial charge in [0.2, 0.25) is 11.4 Å².